The van der Waals surface area contributed by atoms with Crippen LogP contribution < -0.4 is 0 Å². The van der Waals surface area contributed by atoms with Gasteiger partial charge in [-0.1, -0.05) is 30.3 Å². The lowest BCUT2D eigenvalue weighted by molar-refractivity contribution is 0.244. The van der Waals surface area contributed by atoms with Gasteiger partial charge in [0.15, 0.2) is 5.82 Å². The lowest BCUT2D eigenvalue weighted by Gasteiger charge is -2.24. The zero-order valence-corrected chi connectivity index (χ0v) is 13.8. The van der Waals surface area contributed by atoms with Crippen molar-refractivity contribution in [1.82, 2.24) is 24.8 Å². The van der Waals surface area contributed by atoms with Crippen LogP contribution in [0.15, 0.2) is 48.9 Å². The first kappa shape index (κ1) is 15.0. The molecule has 122 valence electrons. The monoisotopic (exact) mass is 319 g/mol. The number of imidazole rings is 1. The molecule has 0 bridgehead atoms. The molecule has 1 fully saturated rings. The third kappa shape index (κ3) is 3.08. The Kier molecular flexibility index (Phi) is 4.09. The molecule has 5 heteroatoms. The zero-order valence-electron chi connectivity index (χ0n) is 13.8. The van der Waals surface area contributed by atoms with Gasteiger partial charge in [-0.25, -0.2) is 9.97 Å². The molecule has 0 radical (unpaired) electrons. The molecule has 0 saturated carbocycles. The maximum atomic E-state index is 4.83. The van der Waals surface area contributed by atoms with Crippen molar-refractivity contribution >= 4 is 0 Å². The second-order valence-corrected chi connectivity index (χ2v) is 6.36. The summed E-state index contributed by atoms with van der Waals surface area (Å²) in [5, 5.41) is 0. The fourth-order valence-electron chi connectivity index (χ4n) is 3.37. The van der Waals surface area contributed by atoms with Gasteiger partial charge in [-0.15, -0.1) is 0 Å². The maximum absolute atomic E-state index is 4.83. The summed E-state index contributed by atoms with van der Waals surface area (Å²) in [7, 11) is 0. The molecule has 1 aliphatic heterocycles. The standard InChI is InChI=1S/C19H21N5/c1-14-10-21-19(22-14)17-12-20-11-16(23-17)18-8-5-9-24(18)13-15-6-3-2-4-7-15/h2-4,6-7,10-12,18H,5,8-9,13H2,1H3,(H,21,22)/t18-/m1/s1. The molecule has 1 aromatic carbocycles. The summed E-state index contributed by atoms with van der Waals surface area (Å²) < 4.78 is 0. The van der Waals surface area contributed by atoms with Gasteiger partial charge < -0.3 is 4.98 Å². The average molecular weight is 319 g/mol. The molecule has 1 aliphatic rings. The summed E-state index contributed by atoms with van der Waals surface area (Å²) in [6, 6.07) is 11.0. The molecule has 5 nitrogen and oxygen atoms in total. The predicted molar refractivity (Wildman–Crippen MR) is 93.2 cm³/mol. The lowest BCUT2D eigenvalue weighted by atomic mass is 10.1. The van der Waals surface area contributed by atoms with Crippen molar-refractivity contribution in [2.45, 2.75) is 32.4 Å². The number of hydrogen-bond donors (Lipinski definition) is 1. The van der Waals surface area contributed by atoms with E-state index in [-0.39, 0.29) is 0 Å². The predicted octanol–water partition coefficient (Wildman–Crippen LogP) is 3.51. The van der Waals surface area contributed by atoms with Crippen LogP contribution in [0.25, 0.3) is 11.5 Å². The molecule has 0 aliphatic carbocycles. The van der Waals surface area contributed by atoms with E-state index in [1.807, 2.05) is 19.3 Å². The molecule has 3 heterocycles. The van der Waals surface area contributed by atoms with E-state index >= 15 is 0 Å². The van der Waals surface area contributed by atoms with Crippen LogP contribution in [-0.4, -0.2) is 31.4 Å². The first-order valence-corrected chi connectivity index (χ1v) is 8.41. The van der Waals surface area contributed by atoms with Crippen LogP contribution in [0.4, 0.5) is 0 Å². The summed E-state index contributed by atoms with van der Waals surface area (Å²) in [6.07, 6.45) is 7.82. The van der Waals surface area contributed by atoms with Crippen molar-refractivity contribution < 1.29 is 0 Å². The van der Waals surface area contributed by atoms with Crippen LogP contribution in [0.2, 0.25) is 0 Å². The third-order valence-corrected chi connectivity index (χ3v) is 4.53. The summed E-state index contributed by atoms with van der Waals surface area (Å²) in [5.41, 5.74) is 4.22. The number of nitrogens with zero attached hydrogens (tertiary/aromatic N) is 4. The van der Waals surface area contributed by atoms with Gasteiger partial charge in [-0.05, 0) is 31.9 Å². The smallest absolute Gasteiger partial charge is 0.157 e. The normalized spacial score (nSPS) is 18.1. The minimum absolute atomic E-state index is 0.328. The van der Waals surface area contributed by atoms with E-state index in [0.717, 1.165) is 42.4 Å². The van der Waals surface area contributed by atoms with Gasteiger partial charge in [0.25, 0.3) is 0 Å². The number of aromatic amines is 1. The summed E-state index contributed by atoms with van der Waals surface area (Å²) in [4.78, 5) is 19.3. The van der Waals surface area contributed by atoms with Gasteiger partial charge in [-0.3, -0.25) is 9.88 Å². The number of benzene rings is 1. The average Bonchev–Trinajstić information content (AvgIpc) is 3.25. The minimum Gasteiger partial charge on any atom is -0.341 e. The zero-order chi connectivity index (χ0) is 16.4. The number of aryl methyl sites for hydroxylation is 1. The molecule has 0 amide bonds. The minimum atomic E-state index is 0.328. The SMILES string of the molecule is Cc1cnc(-c2cncc([C@H]3CCCN3Cc3ccccc3)n2)[nH]1. The Balaban J connectivity index is 1.58. The molecule has 1 atom stereocenters. The molecule has 3 aromatic rings. The first-order chi connectivity index (χ1) is 11.8. The highest BCUT2D eigenvalue weighted by Gasteiger charge is 2.27. The molecule has 24 heavy (non-hydrogen) atoms. The van der Waals surface area contributed by atoms with Crippen molar-refractivity contribution in [3.05, 3.63) is 65.9 Å². The van der Waals surface area contributed by atoms with Gasteiger partial charge in [-0.2, -0.15) is 0 Å². The van der Waals surface area contributed by atoms with E-state index in [0.29, 0.717) is 6.04 Å². The van der Waals surface area contributed by atoms with E-state index in [1.165, 1.54) is 12.0 Å². The van der Waals surface area contributed by atoms with Crippen LogP contribution >= 0.6 is 0 Å². The Labute approximate surface area is 141 Å². The number of nitrogens with one attached hydrogen (secondary N) is 1. The van der Waals surface area contributed by atoms with Crippen molar-refractivity contribution in [3.8, 4) is 11.5 Å². The molecule has 1 saturated heterocycles. The first-order valence-electron chi connectivity index (χ1n) is 8.41. The fraction of sp³-hybridized carbons (Fsp3) is 0.316. The largest absolute Gasteiger partial charge is 0.341 e. The molecule has 1 N–H and O–H groups in total. The molecule has 0 spiro atoms. The highest BCUT2D eigenvalue weighted by Crippen LogP contribution is 2.32. The number of H-pyrrole nitrogens is 1. The molecule has 0 unspecified atom stereocenters. The highest BCUT2D eigenvalue weighted by atomic mass is 15.2. The highest BCUT2D eigenvalue weighted by molar-refractivity contribution is 5.48. The molecular weight excluding hydrogens is 298 g/mol. The van der Waals surface area contributed by atoms with E-state index in [1.54, 1.807) is 6.20 Å². The number of likely N-dealkylation sites (tertiary alicyclic amines) is 1. The fourth-order valence-corrected chi connectivity index (χ4v) is 3.37. The van der Waals surface area contributed by atoms with E-state index < -0.39 is 0 Å². The second kappa shape index (κ2) is 6.53. The van der Waals surface area contributed by atoms with Crippen molar-refractivity contribution in [2.75, 3.05) is 6.54 Å². The second-order valence-electron chi connectivity index (χ2n) is 6.36. The van der Waals surface area contributed by atoms with Gasteiger partial charge in [0.05, 0.1) is 24.1 Å². The summed E-state index contributed by atoms with van der Waals surface area (Å²) in [6.45, 7) is 4.05. The lowest BCUT2D eigenvalue weighted by Crippen LogP contribution is -2.23. The van der Waals surface area contributed by atoms with Gasteiger partial charge in [0, 0.05) is 18.4 Å². The Morgan fingerprint density at radius 3 is 2.83 bits per heavy atom. The van der Waals surface area contributed by atoms with Gasteiger partial charge in [0.1, 0.15) is 5.69 Å². The Morgan fingerprint density at radius 2 is 2.04 bits per heavy atom. The van der Waals surface area contributed by atoms with Crippen molar-refractivity contribution in [2.24, 2.45) is 0 Å². The van der Waals surface area contributed by atoms with Crippen LogP contribution in [0.3, 0.4) is 0 Å². The summed E-state index contributed by atoms with van der Waals surface area (Å²) >= 11 is 0. The van der Waals surface area contributed by atoms with Crippen LogP contribution in [0.5, 0.6) is 0 Å². The quantitative estimate of drug-likeness (QED) is 0.799. The Morgan fingerprint density at radius 1 is 1.17 bits per heavy atom. The van der Waals surface area contributed by atoms with Crippen LogP contribution in [0, 0.1) is 6.92 Å². The van der Waals surface area contributed by atoms with E-state index in [4.69, 9.17) is 4.98 Å². The van der Waals surface area contributed by atoms with Crippen LogP contribution in [-0.2, 0) is 6.54 Å². The van der Waals surface area contributed by atoms with Crippen LogP contribution in [0.1, 0.15) is 35.8 Å². The Hall–Kier alpha value is -2.53. The molecule has 2 aromatic heterocycles. The number of aromatic nitrogens is 4. The topological polar surface area (TPSA) is 57.7 Å². The summed E-state index contributed by atoms with van der Waals surface area (Å²) in [5.74, 6) is 0.787. The number of rotatable bonds is 4. The van der Waals surface area contributed by atoms with Gasteiger partial charge >= 0.3 is 0 Å². The van der Waals surface area contributed by atoms with Crippen molar-refractivity contribution in [1.29, 1.82) is 0 Å². The van der Waals surface area contributed by atoms with E-state index in [9.17, 15) is 0 Å². The van der Waals surface area contributed by atoms with Crippen molar-refractivity contribution in [3.63, 3.8) is 0 Å². The third-order valence-electron chi connectivity index (χ3n) is 4.53. The Bertz CT molecular complexity index is 811. The maximum Gasteiger partial charge on any atom is 0.157 e. The molecular formula is C19H21N5. The van der Waals surface area contributed by atoms with Gasteiger partial charge in [0.2, 0.25) is 0 Å². The molecule has 4 rings (SSSR count). The van der Waals surface area contributed by atoms with E-state index in [2.05, 4.69) is 50.2 Å². The number of hydrogen-bond acceptors (Lipinski definition) is 4.